The molecule has 0 aromatic rings. The van der Waals surface area contributed by atoms with Crippen molar-refractivity contribution in [2.75, 3.05) is 13.2 Å². The topological polar surface area (TPSA) is 29.5 Å². The maximum absolute atomic E-state index is 9.08. The highest BCUT2D eigenvalue weighted by Crippen LogP contribution is 2.19. The molecule has 0 rings (SSSR count). The third-order valence-corrected chi connectivity index (χ3v) is 2.19. The second-order valence-corrected chi connectivity index (χ2v) is 2.90. The first kappa shape index (κ1) is 10.9. The second-order valence-electron chi connectivity index (χ2n) is 2.90. The standard InChI is InChI=1S/C9H20O2/c1-4-7-11-9(5-2,6-3)8-10/h10H,4-8H2,1-3H3. The van der Waals surface area contributed by atoms with Gasteiger partial charge < -0.3 is 9.84 Å². The molecule has 0 aromatic carbocycles. The van der Waals surface area contributed by atoms with Gasteiger partial charge in [-0.2, -0.15) is 0 Å². The molecule has 0 aliphatic carbocycles. The summed E-state index contributed by atoms with van der Waals surface area (Å²) in [4.78, 5) is 0. The Hall–Kier alpha value is -0.0800. The van der Waals surface area contributed by atoms with E-state index in [1.807, 2.05) is 0 Å². The van der Waals surface area contributed by atoms with E-state index in [0.29, 0.717) is 0 Å². The first-order chi connectivity index (χ1) is 5.24. The SMILES string of the molecule is CCCOC(CC)(CC)CO. The molecule has 0 aromatic heterocycles. The van der Waals surface area contributed by atoms with Gasteiger partial charge in [0, 0.05) is 6.61 Å². The van der Waals surface area contributed by atoms with Crippen molar-refractivity contribution in [1.29, 1.82) is 0 Å². The molecule has 0 fully saturated rings. The molecule has 0 radical (unpaired) electrons. The van der Waals surface area contributed by atoms with Crippen molar-refractivity contribution in [3.63, 3.8) is 0 Å². The Bertz CT molecular complexity index is 79.3. The van der Waals surface area contributed by atoms with Crippen molar-refractivity contribution in [3.8, 4) is 0 Å². The molecule has 0 atom stereocenters. The number of ether oxygens (including phenoxy) is 1. The van der Waals surface area contributed by atoms with E-state index in [-0.39, 0.29) is 12.2 Å². The largest absolute Gasteiger partial charge is 0.393 e. The molecule has 0 amide bonds. The van der Waals surface area contributed by atoms with Crippen molar-refractivity contribution < 1.29 is 9.84 Å². The van der Waals surface area contributed by atoms with Crippen LogP contribution >= 0.6 is 0 Å². The molecule has 0 unspecified atom stereocenters. The summed E-state index contributed by atoms with van der Waals surface area (Å²) in [7, 11) is 0. The van der Waals surface area contributed by atoms with Crippen LogP contribution in [0.3, 0.4) is 0 Å². The van der Waals surface area contributed by atoms with Gasteiger partial charge in [0.25, 0.3) is 0 Å². The Balaban J connectivity index is 3.84. The number of rotatable bonds is 6. The summed E-state index contributed by atoms with van der Waals surface area (Å²) in [6.45, 7) is 7.07. The maximum atomic E-state index is 9.08. The Morgan fingerprint density at radius 2 is 1.73 bits per heavy atom. The van der Waals surface area contributed by atoms with E-state index in [0.717, 1.165) is 25.9 Å². The van der Waals surface area contributed by atoms with Crippen LogP contribution < -0.4 is 0 Å². The van der Waals surface area contributed by atoms with Crippen molar-refractivity contribution >= 4 is 0 Å². The average Bonchev–Trinajstić information content (AvgIpc) is 2.08. The van der Waals surface area contributed by atoms with Crippen LogP contribution in [0.5, 0.6) is 0 Å². The summed E-state index contributed by atoms with van der Waals surface area (Å²) in [5.74, 6) is 0. The normalized spacial score (nSPS) is 12.0. The highest BCUT2D eigenvalue weighted by atomic mass is 16.5. The summed E-state index contributed by atoms with van der Waals surface area (Å²) >= 11 is 0. The van der Waals surface area contributed by atoms with Gasteiger partial charge in [0.05, 0.1) is 12.2 Å². The van der Waals surface area contributed by atoms with Crippen LogP contribution in [0.15, 0.2) is 0 Å². The molecule has 0 saturated heterocycles. The van der Waals surface area contributed by atoms with E-state index in [2.05, 4.69) is 20.8 Å². The van der Waals surface area contributed by atoms with Crippen LogP contribution in [0.25, 0.3) is 0 Å². The van der Waals surface area contributed by atoms with Crippen LogP contribution in [-0.4, -0.2) is 23.9 Å². The summed E-state index contributed by atoms with van der Waals surface area (Å²) < 4.78 is 5.58. The highest BCUT2D eigenvalue weighted by molar-refractivity contribution is 4.75. The number of hydrogen-bond acceptors (Lipinski definition) is 2. The lowest BCUT2D eigenvalue weighted by Crippen LogP contribution is -2.35. The Morgan fingerprint density at radius 1 is 1.18 bits per heavy atom. The van der Waals surface area contributed by atoms with Crippen LogP contribution in [0.2, 0.25) is 0 Å². The Morgan fingerprint density at radius 3 is 2.00 bits per heavy atom. The molecule has 68 valence electrons. The fraction of sp³-hybridized carbons (Fsp3) is 1.00. The van der Waals surface area contributed by atoms with Gasteiger partial charge in [0.2, 0.25) is 0 Å². The zero-order valence-corrected chi connectivity index (χ0v) is 7.89. The van der Waals surface area contributed by atoms with Gasteiger partial charge in [0.15, 0.2) is 0 Å². The number of aliphatic hydroxyl groups is 1. The molecule has 0 heterocycles. The molecule has 0 aliphatic rings. The maximum Gasteiger partial charge on any atom is 0.0906 e. The monoisotopic (exact) mass is 160 g/mol. The fourth-order valence-corrected chi connectivity index (χ4v) is 1.04. The summed E-state index contributed by atoms with van der Waals surface area (Å²) in [6, 6.07) is 0. The van der Waals surface area contributed by atoms with Gasteiger partial charge in [-0.25, -0.2) is 0 Å². The average molecular weight is 160 g/mol. The fourth-order valence-electron chi connectivity index (χ4n) is 1.04. The van der Waals surface area contributed by atoms with Crippen LogP contribution in [-0.2, 0) is 4.74 Å². The lowest BCUT2D eigenvalue weighted by Gasteiger charge is -2.29. The van der Waals surface area contributed by atoms with E-state index in [1.54, 1.807) is 0 Å². The second kappa shape index (κ2) is 5.56. The third-order valence-electron chi connectivity index (χ3n) is 2.19. The van der Waals surface area contributed by atoms with Gasteiger partial charge in [-0.1, -0.05) is 20.8 Å². The van der Waals surface area contributed by atoms with Gasteiger partial charge in [0.1, 0.15) is 0 Å². The Labute approximate surface area is 69.6 Å². The first-order valence-electron chi connectivity index (χ1n) is 4.49. The van der Waals surface area contributed by atoms with Crippen molar-refractivity contribution in [3.05, 3.63) is 0 Å². The minimum absolute atomic E-state index is 0.139. The van der Waals surface area contributed by atoms with Crippen LogP contribution in [0.1, 0.15) is 40.0 Å². The molecule has 11 heavy (non-hydrogen) atoms. The quantitative estimate of drug-likeness (QED) is 0.643. The highest BCUT2D eigenvalue weighted by Gasteiger charge is 2.25. The van der Waals surface area contributed by atoms with Crippen molar-refractivity contribution in [1.82, 2.24) is 0 Å². The molecule has 0 aliphatic heterocycles. The first-order valence-corrected chi connectivity index (χ1v) is 4.49. The zero-order valence-electron chi connectivity index (χ0n) is 7.89. The summed E-state index contributed by atoms with van der Waals surface area (Å²) in [5.41, 5.74) is -0.268. The number of aliphatic hydroxyl groups excluding tert-OH is 1. The zero-order chi connectivity index (χ0) is 8.74. The summed E-state index contributed by atoms with van der Waals surface area (Å²) in [5, 5.41) is 9.08. The lowest BCUT2D eigenvalue weighted by molar-refractivity contribution is -0.0841. The lowest BCUT2D eigenvalue weighted by atomic mass is 9.98. The van der Waals surface area contributed by atoms with E-state index >= 15 is 0 Å². The molecule has 1 N–H and O–H groups in total. The molecular weight excluding hydrogens is 140 g/mol. The molecule has 2 nitrogen and oxygen atoms in total. The van der Waals surface area contributed by atoms with Crippen molar-refractivity contribution in [2.24, 2.45) is 0 Å². The molecular formula is C9H20O2. The van der Waals surface area contributed by atoms with Gasteiger partial charge in [-0.15, -0.1) is 0 Å². The predicted molar refractivity (Wildman–Crippen MR) is 46.6 cm³/mol. The molecule has 0 bridgehead atoms. The third kappa shape index (κ3) is 3.21. The number of hydrogen-bond donors (Lipinski definition) is 1. The van der Waals surface area contributed by atoms with E-state index in [9.17, 15) is 0 Å². The van der Waals surface area contributed by atoms with Crippen molar-refractivity contribution in [2.45, 2.75) is 45.6 Å². The van der Waals surface area contributed by atoms with Gasteiger partial charge >= 0.3 is 0 Å². The Kier molecular flexibility index (Phi) is 5.51. The molecule has 2 heteroatoms. The minimum atomic E-state index is -0.268. The van der Waals surface area contributed by atoms with E-state index < -0.39 is 0 Å². The van der Waals surface area contributed by atoms with E-state index in [1.165, 1.54) is 0 Å². The van der Waals surface area contributed by atoms with Crippen LogP contribution in [0, 0.1) is 0 Å². The predicted octanol–water partition coefficient (Wildman–Crippen LogP) is 1.96. The summed E-state index contributed by atoms with van der Waals surface area (Å²) in [6.07, 6.45) is 2.79. The molecule has 0 spiro atoms. The van der Waals surface area contributed by atoms with Gasteiger partial charge in [-0.3, -0.25) is 0 Å². The van der Waals surface area contributed by atoms with Gasteiger partial charge in [-0.05, 0) is 19.3 Å². The van der Waals surface area contributed by atoms with E-state index in [4.69, 9.17) is 9.84 Å². The minimum Gasteiger partial charge on any atom is -0.393 e. The van der Waals surface area contributed by atoms with Crippen LogP contribution in [0.4, 0.5) is 0 Å². The molecule has 0 saturated carbocycles. The smallest absolute Gasteiger partial charge is 0.0906 e.